The van der Waals surface area contributed by atoms with Gasteiger partial charge in [-0.3, -0.25) is 9.59 Å². The highest BCUT2D eigenvalue weighted by atomic mass is 16.5. The van der Waals surface area contributed by atoms with Crippen LogP contribution in [0.3, 0.4) is 0 Å². The van der Waals surface area contributed by atoms with Gasteiger partial charge in [-0.25, -0.2) is 0 Å². The number of para-hydroxylation sites is 1. The predicted molar refractivity (Wildman–Crippen MR) is 87.4 cm³/mol. The van der Waals surface area contributed by atoms with Crippen molar-refractivity contribution in [3.63, 3.8) is 0 Å². The molecule has 3 rings (SSSR count). The zero-order valence-electron chi connectivity index (χ0n) is 12.8. The quantitative estimate of drug-likeness (QED) is 0.890. The average Bonchev–Trinajstić information content (AvgIpc) is 3.25. The first-order valence-electron chi connectivity index (χ1n) is 7.52. The molecule has 5 nitrogen and oxygen atoms in total. The fourth-order valence-corrected chi connectivity index (χ4v) is 2.45. The second kappa shape index (κ2) is 6.12. The number of carbonyl (C=O) groups is 2. The van der Waals surface area contributed by atoms with Gasteiger partial charge < -0.3 is 15.8 Å². The van der Waals surface area contributed by atoms with E-state index in [9.17, 15) is 9.59 Å². The van der Waals surface area contributed by atoms with Crippen molar-refractivity contribution in [2.75, 3.05) is 5.32 Å². The standard InChI is InChI=1S/C18H18N2O3/c1-11-9-15(11)18(22)20-12-5-4-6-13(10-12)23-16-8-3-2-7-14(16)17(19)21/h2-8,10-11,15H,9H2,1H3,(H2,19,21)(H,20,22). The van der Waals surface area contributed by atoms with Crippen LogP contribution in [0.15, 0.2) is 48.5 Å². The van der Waals surface area contributed by atoms with Crippen LogP contribution in [-0.2, 0) is 4.79 Å². The Kier molecular flexibility index (Phi) is 4.02. The van der Waals surface area contributed by atoms with Crippen LogP contribution in [0.2, 0.25) is 0 Å². The van der Waals surface area contributed by atoms with E-state index in [1.807, 2.05) is 0 Å². The van der Waals surface area contributed by atoms with E-state index in [1.165, 1.54) is 0 Å². The number of benzene rings is 2. The van der Waals surface area contributed by atoms with E-state index in [-0.39, 0.29) is 11.8 Å². The molecule has 2 aromatic carbocycles. The number of amides is 2. The summed E-state index contributed by atoms with van der Waals surface area (Å²) < 4.78 is 5.74. The lowest BCUT2D eigenvalue weighted by Gasteiger charge is -2.11. The molecule has 0 heterocycles. The Labute approximate surface area is 134 Å². The summed E-state index contributed by atoms with van der Waals surface area (Å²) in [5, 5.41) is 2.89. The number of carbonyl (C=O) groups excluding carboxylic acids is 2. The maximum absolute atomic E-state index is 12.0. The highest BCUT2D eigenvalue weighted by Gasteiger charge is 2.39. The van der Waals surface area contributed by atoms with Gasteiger partial charge in [-0.05, 0) is 36.6 Å². The molecular formula is C18H18N2O3. The average molecular weight is 310 g/mol. The molecule has 0 bridgehead atoms. The number of nitrogens with two attached hydrogens (primary N) is 1. The maximum atomic E-state index is 12.0. The Hall–Kier alpha value is -2.82. The smallest absolute Gasteiger partial charge is 0.252 e. The second-order valence-electron chi connectivity index (χ2n) is 5.80. The number of primary amides is 1. The maximum Gasteiger partial charge on any atom is 0.252 e. The minimum atomic E-state index is -0.548. The molecule has 0 saturated heterocycles. The monoisotopic (exact) mass is 310 g/mol. The van der Waals surface area contributed by atoms with Crippen LogP contribution in [0.1, 0.15) is 23.7 Å². The Morgan fingerprint density at radius 1 is 1.17 bits per heavy atom. The highest BCUT2D eigenvalue weighted by molar-refractivity contribution is 5.96. The van der Waals surface area contributed by atoms with Crippen molar-refractivity contribution in [3.8, 4) is 11.5 Å². The van der Waals surface area contributed by atoms with Crippen LogP contribution in [-0.4, -0.2) is 11.8 Å². The predicted octanol–water partition coefficient (Wildman–Crippen LogP) is 3.17. The zero-order valence-corrected chi connectivity index (χ0v) is 12.8. The summed E-state index contributed by atoms with van der Waals surface area (Å²) in [4.78, 5) is 23.4. The Morgan fingerprint density at radius 2 is 1.91 bits per heavy atom. The van der Waals surface area contributed by atoms with Gasteiger partial charge >= 0.3 is 0 Å². The molecule has 0 aromatic heterocycles. The van der Waals surface area contributed by atoms with E-state index in [1.54, 1.807) is 48.5 Å². The molecule has 3 N–H and O–H groups in total. The molecule has 23 heavy (non-hydrogen) atoms. The van der Waals surface area contributed by atoms with Crippen molar-refractivity contribution in [1.82, 2.24) is 0 Å². The van der Waals surface area contributed by atoms with E-state index in [0.29, 0.717) is 28.7 Å². The first-order valence-corrected chi connectivity index (χ1v) is 7.52. The molecule has 1 fully saturated rings. The fourth-order valence-electron chi connectivity index (χ4n) is 2.45. The number of anilines is 1. The van der Waals surface area contributed by atoms with Crippen LogP contribution >= 0.6 is 0 Å². The summed E-state index contributed by atoms with van der Waals surface area (Å²) in [7, 11) is 0. The first kappa shape index (κ1) is 15.1. The van der Waals surface area contributed by atoms with Crippen LogP contribution in [0, 0.1) is 11.8 Å². The molecule has 2 aromatic rings. The summed E-state index contributed by atoms with van der Waals surface area (Å²) in [6, 6.07) is 13.8. The third-order valence-corrected chi connectivity index (χ3v) is 3.93. The van der Waals surface area contributed by atoms with Crippen molar-refractivity contribution in [3.05, 3.63) is 54.1 Å². The lowest BCUT2D eigenvalue weighted by molar-refractivity contribution is -0.117. The van der Waals surface area contributed by atoms with Crippen molar-refractivity contribution >= 4 is 17.5 Å². The van der Waals surface area contributed by atoms with Gasteiger partial charge in [-0.15, -0.1) is 0 Å². The zero-order chi connectivity index (χ0) is 16.4. The Balaban J connectivity index is 1.75. The largest absolute Gasteiger partial charge is 0.456 e. The third-order valence-electron chi connectivity index (χ3n) is 3.93. The summed E-state index contributed by atoms with van der Waals surface area (Å²) >= 11 is 0. The Bertz CT molecular complexity index is 757. The molecule has 1 aliphatic rings. The number of ether oxygens (including phenoxy) is 1. The summed E-state index contributed by atoms with van der Waals surface area (Å²) in [5.41, 5.74) is 6.32. The SMILES string of the molecule is CC1CC1C(=O)Nc1cccc(Oc2ccccc2C(N)=O)c1. The Morgan fingerprint density at radius 3 is 2.61 bits per heavy atom. The van der Waals surface area contributed by atoms with Crippen molar-refractivity contribution < 1.29 is 14.3 Å². The van der Waals surface area contributed by atoms with Gasteiger partial charge in [0.15, 0.2) is 0 Å². The van der Waals surface area contributed by atoms with E-state index >= 15 is 0 Å². The molecule has 2 amide bonds. The molecular weight excluding hydrogens is 292 g/mol. The number of hydrogen-bond acceptors (Lipinski definition) is 3. The van der Waals surface area contributed by atoms with Gasteiger partial charge in [0, 0.05) is 17.7 Å². The first-order chi connectivity index (χ1) is 11.0. The summed E-state index contributed by atoms with van der Waals surface area (Å²) in [6.45, 7) is 2.06. The molecule has 0 aliphatic heterocycles. The lowest BCUT2D eigenvalue weighted by Crippen LogP contribution is -2.14. The summed E-state index contributed by atoms with van der Waals surface area (Å²) in [5.74, 6) is 0.964. The van der Waals surface area contributed by atoms with E-state index in [2.05, 4.69) is 12.2 Å². The van der Waals surface area contributed by atoms with Gasteiger partial charge in [-0.1, -0.05) is 25.1 Å². The number of rotatable bonds is 5. The molecule has 2 atom stereocenters. The van der Waals surface area contributed by atoms with Crippen LogP contribution in [0.25, 0.3) is 0 Å². The third kappa shape index (κ3) is 3.51. The van der Waals surface area contributed by atoms with Gasteiger partial charge in [0.2, 0.25) is 5.91 Å². The van der Waals surface area contributed by atoms with Crippen molar-refractivity contribution in [1.29, 1.82) is 0 Å². The number of nitrogens with one attached hydrogen (secondary N) is 1. The molecule has 2 unspecified atom stereocenters. The van der Waals surface area contributed by atoms with Gasteiger partial charge in [0.25, 0.3) is 5.91 Å². The molecule has 1 aliphatic carbocycles. The van der Waals surface area contributed by atoms with Crippen LogP contribution in [0.5, 0.6) is 11.5 Å². The van der Waals surface area contributed by atoms with Gasteiger partial charge in [-0.2, -0.15) is 0 Å². The molecule has 118 valence electrons. The van der Waals surface area contributed by atoms with Crippen LogP contribution in [0.4, 0.5) is 5.69 Å². The molecule has 1 saturated carbocycles. The van der Waals surface area contributed by atoms with Crippen LogP contribution < -0.4 is 15.8 Å². The molecule has 0 spiro atoms. The van der Waals surface area contributed by atoms with Crippen molar-refractivity contribution in [2.24, 2.45) is 17.6 Å². The second-order valence-corrected chi connectivity index (χ2v) is 5.80. The van der Waals surface area contributed by atoms with Gasteiger partial charge in [0.05, 0.1) is 5.56 Å². The van der Waals surface area contributed by atoms with E-state index in [4.69, 9.17) is 10.5 Å². The normalized spacial score (nSPS) is 19.0. The molecule has 5 heteroatoms. The minimum absolute atomic E-state index is 0.0344. The molecule has 0 radical (unpaired) electrons. The summed E-state index contributed by atoms with van der Waals surface area (Å²) in [6.07, 6.45) is 0.939. The van der Waals surface area contributed by atoms with Gasteiger partial charge in [0.1, 0.15) is 11.5 Å². The minimum Gasteiger partial charge on any atom is -0.456 e. The fraction of sp³-hybridized carbons (Fsp3) is 0.222. The highest BCUT2D eigenvalue weighted by Crippen LogP contribution is 2.38. The van der Waals surface area contributed by atoms with E-state index < -0.39 is 5.91 Å². The topological polar surface area (TPSA) is 81.4 Å². The lowest BCUT2D eigenvalue weighted by atomic mass is 10.2. The van der Waals surface area contributed by atoms with Crippen molar-refractivity contribution in [2.45, 2.75) is 13.3 Å². The number of hydrogen-bond donors (Lipinski definition) is 2. The van der Waals surface area contributed by atoms with E-state index in [0.717, 1.165) is 6.42 Å².